The lowest BCUT2D eigenvalue weighted by molar-refractivity contribution is -0.117. The number of hydrogen-bond acceptors (Lipinski definition) is 3. The molecule has 2 aromatic carbocycles. The van der Waals surface area contributed by atoms with Gasteiger partial charge in [-0.2, -0.15) is 0 Å². The van der Waals surface area contributed by atoms with Gasteiger partial charge in [0, 0.05) is 53.7 Å². The van der Waals surface area contributed by atoms with Crippen molar-refractivity contribution in [3.63, 3.8) is 0 Å². The minimum absolute atomic E-state index is 0.216. The molecule has 1 fully saturated rings. The molecule has 0 aliphatic carbocycles. The van der Waals surface area contributed by atoms with E-state index in [1.807, 2.05) is 41.3 Å². The van der Waals surface area contributed by atoms with Crippen LogP contribution in [0.1, 0.15) is 24.0 Å². The minimum Gasteiger partial charge on any atom is -0.312 e. The average Bonchev–Trinajstić information content (AvgIpc) is 3.02. The maximum Gasteiger partial charge on any atom is 0.227 e. The summed E-state index contributed by atoms with van der Waals surface area (Å²) in [6.45, 7) is 2.32. The van der Waals surface area contributed by atoms with Gasteiger partial charge in [0.15, 0.2) is 0 Å². The lowest BCUT2D eigenvalue weighted by Crippen LogP contribution is -2.23. The van der Waals surface area contributed by atoms with Crippen molar-refractivity contribution in [3.8, 4) is 0 Å². The molecule has 3 rings (SSSR count). The zero-order valence-corrected chi connectivity index (χ0v) is 14.6. The SMILES string of the molecule is C[S@@](=O)c1ccc(CNCc2cccc(N3CCCC3=O)c2)cc1. The van der Waals surface area contributed by atoms with E-state index in [0.29, 0.717) is 6.42 Å². The number of carbonyl (C=O) groups excluding carboxylic acids is 1. The van der Waals surface area contributed by atoms with Gasteiger partial charge in [-0.05, 0) is 41.8 Å². The third-order valence-corrected chi connectivity index (χ3v) is 5.15. The number of hydrogen-bond donors (Lipinski definition) is 1. The van der Waals surface area contributed by atoms with Gasteiger partial charge in [-0.15, -0.1) is 0 Å². The molecular formula is C19H22N2O2S. The van der Waals surface area contributed by atoms with E-state index in [1.54, 1.807) is 6.26 Å². The van der Waals surface area contributed by atoms with Gasteiger partial charge in [0.1, 0.15) is 0 Å². The third-order valence-electron chi connectivity index (χ3n) is 4.21. The van der Waals surface area contributed by atoms with Gasteiger partial charge in [0.2, 0.25) is 5.91 Å². The summed E-state index contributed by atoms with van der Waals surface area (Å²) >= 11 is 0. The highest BCUT2D eigenvalue weighted by Gasteiger charge is 2.21. The largest absolute Gasteiger partial charge is 0.312 e. The first kappa shape index (κ1) is 16.9. The molecule has 1 aliphatic heterocycles. The lowest BCUT2D eigenvalue weighted by atomic mass is 10.1. The van der Waals surface area contributed by atoms with E-state index >= 15 is 0 Å². The Hall–Kier alpha value is -1.98. The Kier molecular flexibility index (Phi) is 5.43. The molecule has 1 aliphatic rings. The number of nitrogens with one attached hydrogen (secondary N) is 1. The highest BCUT2D eigenvalue weighted by atomic mass is 32.2. The first-order valence-corrected chi connectivity index (χ1v) is 9.72. The van der Waals surface area contributed by atoms with Crippen molar-refractivity contribution in [1.29, 1.82) is 0 Å². The monoisotopic (exact) mass is 342 g/mol. The van der Waals surface area contributed by atoms with Crippen LogP contribution >= 0.6 is 0 Å². The molecule has 0 unspecified atom stereocenters. The van der Waals surface area contributed by atoms with Crippen LogP contribution in [0, 0.1) is 0 Å². The Labute approximate surface area is 145 Å². The molecule has 24 heavy (non-hydrogen) atoms. The van der Waals surface area contributed by atoms with Gasteiger partial charge in [-0.1, -0.05) is 24.3 Å². The summed E-state index contributed by atoms with van der Waals surface area (Å²) < 4.78 is 11.4. The van der Waals surface area contributed by atoms with Crippen LogP contribution in [0.25, 0.3) is 0 Å². The van der Waals surface area contributed by atoms with Crippen molar-refractivity contribution < 1.29 is 9.00 Å². The van der Waals surface area contributed by atoms with Gasteiger partial charge in [0.25, 0.3) is 0 Å². The quantitative estimate of drug-likeness (QED) is 0.878. The van der Waals surface area contributed by atoms with Gasteiger partial charge in [0.05, 0.1) is 0 Å². The third kappa shape index (κ3) is 4.10. The Bertz CT molecular complexity index is 743. The van der Waals surface area contributed by atoms with E-state index in [2.05, 4.69) is 17.4 Å². The molecule has 0 radical (unpaired) electrons. The Morgan fingerprint density at radius 2 is 1.83 bits per heavy atom. The number of benzene rings is 2. The standard InChI is InChI=1S/C19H22N2O2S/c1-24(23)18-9-7-15(8-10-18)13-20-14-16-4-2-5-17(12-16)21-11-3-6-19(21)22/h2,4-5,7-10,12,20H,3,6,11,13-14H2,1H3/t24-/m1/s1. The lowest BCUT2D eigenvalue weighted by Gasteiger charge is -2.16. The molecule has 1 amide bonds. The molecule has 0 spiro atoms. The topological polar surface area (TPSA) is 49.4 Å². The number of carbonyl (C=O) groups is 1. The molecule has 2 aromatic rings. The first-order valence-electron chi connectivity index (χ1n) is 8.16. The molecule has 1 atom stereocenters. The highest BCUT2D eigenvalue weighted by molar-refractivity contribution is 7.84. The molecule has 1 saturated heterocycles. The van der Waals surface area contributed by atoms with Crippen LogP contribution in [-0.2, 0) is 28.7 Å². The molecule has 5 heteroatoms. The number of rotatable bonds is 6. The second-order valence-corrected chi connectivity index (χ2v) is 7.40. The van der Waals surface area contributed by atoms with Crippen molar-refractivity contribution in [2.24, 2.45) is 0 Å². The van der Waals surface area contributed by atoms with Crippen molar-refractivity contribution in [2.45, 2.75) is 30.8 Å². The second-order valence-electron chi connectivity index (χ2n) is 6.02. The second kappa shape index (κ2) is 7.73. The van der Waals surface area contributed by atoms with Gasteiger partial charge in [-0.3, -0.25) is 9.00 Å². The van der Waals surface area contributed by atoms with E-state index in [9.17, 15) is 9.00 Å². The van der Waals surface area contributed by atoms with E-state index in [-0.39, 0.29) is 5.91 Å². The summed E-state index contributed by atoms with van der Waals surface area (Å²) in [5, 5.41) is 3.42. The molecule has 0 saturated carbocycles. The summed E-state index contributed by atoms with van der Waals surface area (Å²) in [4.78, 5) is 14.6. The van der Waals surface area contributed by atoms with Crippen LogP contribution in [0.4, 0.5) is 5.69 Å². The summed E-state index contributed by atoms with van der Waals surface area (Å²) in [5.74, 6) is 0.216. The first-order chi connectivity index (χ1) is 11.6. The predicted molar refractivity (Wildman–Crippen MR) is 97.3 cm³/mol. The van der Waals surface area contributed by atoms with E-state index in [1.165, 1.54) is 5.56 Å². The van der Waals surface area contributed by atoms with Crippen LogP contribution < -0.4 is 10.2 Å². The normalized spacial score (nSPS) is 15.7. The fourth-order valence-corrected chi connectivity index (χ4v) is 3.42. The van der Waals surface area contributed by atoms with Crippen molar-refractivity contribution in [2.75, 3.05) is 17.7 Å². The van der Waals surface area contributed by atoms with Gasteiger partial charge < -0.3 is 10.2 Å². The van der Waals surface area contributed by atoms with Crippen LogP contribution in [0.5, 0.6) is 0 Å². The Morgan fingerprint density at radius 3 is 2.50 bits per heavy atom. The van der Waals surface area contributed by atoms with Crippen molar-refractivity contribution in [3.05, 3.63) is 59.7 Å². The molecule has 126 valence electrons. The van der Waals surface area contributed by atoms with Crippen molar-refractivity contribution >= 4 is 22.4 Å². The Morgan fingerprint density at radius 1 is 1.08 bits per heavy atom. The Balaban J connectivity index is 1.57. The zero-order chi connectivity index (χ0) is 16.9. The fourth-order valence-electron chi connectivity index (χ4n) is 2.91. The summed E-state index contributed by atoms with van der Waals surface area (Å²) in [7, 11) is -0.932. The molecule has 1 heterocycles. The molecule has 0 aromatic heterocycles. The predicted octanol–water partition coefficient (Wildman–Crippen LogP) is 2.84. The zero-order valence-electron chi connectivity index (χ0n) is 13.8. The highest BCUT2D eigenvalue weighted by Crippen LogP contribution is 2.22. The maximum atomic E-state index is 11.8. The minimum atomic E-state index is -0.932. The molecule has 0 bridgehead atoms. The smallest absolute Gasteiger partial charge is 0.227 e. The van der Waals surface area contributed by atoms with Crippen LogP contribution in [0.2, 0.25) is 0 Å². The fraction of sp³-hybridized carbons (Fsp3) is 0.316. The van der Waals surface area contributed by atoms with Crippen molar-refractivity contribution in [1.82, 2.24) is 5.32 Å². The summed E-state index contributed by atoms with van der Waals surface area (Å²) in [6.07, 6.45) is 3.28. The average molecular weight is 342 g/mol. The summed E-state index contributed by atoms with van der Waals surface area (Å²) in [6, 6.07) is 16.0. The van der Waals surface area contributed by atoms with Gasteiger partial charge in [-0.25, -0.2) is 0 Å². The molecular weight excluding hydrogens is 320 g/mol. The number of amides is 1. The van der Waals surface area contributed by atoms with Crippen LogP contribution in [0.3, 0.4) is 0 Å². The van der Waals surface area contributed by atoms with Gasteiger partial charge >= 0.3 is 0 Å². The van der Waals surface area contributed by atoms with Crippen LogP contribution in [0.15, 0.2) is 53.4 Å². The van der Waals surface area contributed by atoms with Crippen LogP contribution in [-0.4, -0.2) is 22.9 Å². The summed E-state index contributed by atoms with van der Waals surface area (Å²) in [5.41, 5.74) is 3.32. The number of anilines is 1. The number of nitrogens with zero attached hydrogens (tertiary/aromatic N) is 1. The van der Waals surface area contributed by atoms with E-state index < -0.39 is 10.8 Å². The molecule has 1 N–H and O–H groups in total. The van der Waals surface area contributed by atoms with E-state index in [0.717, 1.165) is 42.2 Å². The maximum absolute atomic E-state index is 11.8. The molecule has 4 nitrogen and oxygen atoms in total. The van der Waals surface area contributed by atoms with E-state index in [4.69, 9.17) is 0 Å².